The molecule has 1 aliphatic heterocycles. The van der Waals surface area contributed by atoms with Crippen LogP contribution in [0.1, 0.15) is 40.5 Å². The number of carbonyl (C=O) groups is 1. The van der Waals surface area contributed by atoms with Crippen molar-refractivity contribution in [2.45, 2.75) is 32.6 Å². The highest BCUT2D eigenvalue weighted by atomic mass is 16.3. The van der Waals surface area contributed by atoms with Crippen molar-refractivity contribution in [3.05, 3.63) is 35.2 Å². The lowest BCUT2D eigenvalue weighted by Gasteiger charge is -2.40. The molecule has 1 saturated heterocycles. The van der Waals surface area contributed by atoms with E-state index in [1.54, 1.807) is 6.92 Å². The topological polar surface area (TPSA) is 84.2 Å². The summed E-state index contributed by atoms with van der Waals surface area (Å²) in [6.07, 6.45) is 6.02. The van der Waals surface area contributed by atoms with E-state index in [1.807, 2.05) is 0 Å². The van der Waals surface area contributed by atoms with Crippen LogP contribution < -0.4 is 10.2 Å². The van der Waals surface area contributed by atoms with Gasteiger partial charge < -0.3 is 14.6 Å². The van der Waals surface area contributed by atoms with E-state index in [4.69, 9.17) is 4.42 Å². The quantitative estimate of drug-likeness (QED) is 0.916. The zero-order valence-corrected chi connectivity index (χ0v) is 13.8. The first-order valence-electron chi connectivity index (χ1n) is 8.50. The van der Waals surface area contributed by atoms with Gasteiger partial charge in [0.25, 0.3) is 5.91 Å². The molecule has 126 valence electrons. The van der Waals surface area contributed by atoms with Gasteiger partial charge in [-0.05, 0) is 37.3 Å². The first kappa shape index (κ1) is 15.1. The Bertz CT molecular complexity index is 751. The number of nitrogens with zero attached hydrogens (tertiary/aromatic N) is 4. The summed E-state index contributed by atoms with van der Waals surface area (Å²) in [6, 6.07) is 2.19. The minimum absolute atomic E-state index is 0.182. The van der Waals surface area contributed by atoms with Crippen LogP contribution in [-0.2, 0) is 12.8 Å². The monoisotopic (exact) mass is 327 g/mol. The Morgan fingerprint density at radius 2 is 2.17 bits per heavy atom. The van der Waals surface area contributed by atoms with Crippen molar-refractivity contribution in [1.29, 1.82) is 0 Å². The van der Waals surface area contributed by atoms with Crippen LogP contribution in [0, 0.1) is 12.8 Å². The maximum atomic E-state index is 11.9. The molecule has 3 heterocycles. The molecule has 2 aromatic rings. The third-order valence-corrected chi connectivity index (χ3v) is 4.74. The van der Waals surface area contributed by atoms with Crippen LogP contribution in [0.25, 0.3) is 0 Å². The van der Waals surface area contributed by atoms with Crippen molar-refractivity contribution >= 4 is 11.7 Å². The molecule has 0 saturated carbocycles. The molecule has 0 unspecified atom stereocenters. The molecule has 0 radical (unpaired) electrons. The van der Waals surface area contributed by atoms with Crippen LogP contribution in [0.15, 0.2) is 16.7 Å². The maximum Gasteiger partial charge on any atom is 0.273 e. The average molecular weight is 327 g/mol. The minimum atomic E-state index is -0.182. The Kier molecular flexibility index (Phi) is 3.92. The molecular formula is C17H21N5O2. The van der Waals surface area contributed by atoms with Gasteiger partial charge in [0, 0.05) is 32.5 Å². The molecular weight excluding hydrogens is 306 g/mol. The molecule has 2 aromatic heterocycles. The van der Waals surface area contributed by atoms with Crippen molar-refractivity contribution in [3.8, 4) is 0 Å². The first-order chi connectivity index (χ1) is 11.7. The summed E-state index contributed by atoms with van der Waals surface area (Å²) in [5, 5.41) is 11.7. The molecule has 0 aromatic carbocycles. The molecule has 2 aliphatic rings. The van der Waals surface area contributed by atoms with Crippen LogP contribution in [0.4, 0.5) is 5.82 Å². The van der Waals surface area contributed by atoms with Gasteiger partial charge in [-0.2, -0.15) is 5.10 Å². The van der Waals surface area contributed by atoms with Gasteiger partial charge in [-0.15, -0.1) is 5.10 Å². The largest absolute Gasteiger partial charge is 0.448 e. The smallest absolute Gasteiger partial charge is 0.273 e. The molecule has 0 spiro atoms. The van der Waals surface area contributed by atoms with Crippen molar-refractivity contribution in [2.75, 3.05) is 24.5 Å². The predicted octanol–water partition coefficient (Wildman–Crippen LogP) is 1.52. The normalized spacial score (nSPS) is 17.3. The van der Waals surface area contributed by atoms with Gasteiger partial charge >= 0.3 is 0 Å². The molecule has 24 heavy (non-hydrogen) atoms. The van der Waals surface area contributed by atoms with Gasteiger partial charge in [-0.3, -0.25) is 4.79 Å². The van der Waals surface area contributed by atoms with Crippen LogP contribution in [0.5, 0.6) is 0 Å². The number of amides is 1. The van der Waals surface area contributed by atoms with Crippen molar-refractivity contribution in [3.63, 3.8) is 0 Å². The zero-order chi connectivity index (χ0) is 16.5. The van der Waals surface area contributed by atoms with E-state index in [1.165, 1.54) is 24.7 Å². The Labute approximate surface area is 140 Å². The maximum absolute atomic E-state index is 11.9. The number of hydrogen-bond acceptors (Lipinski definition) is 6. The molecule has 7 heteroatoms. The van der Waals surface area contributed by atoms with E-state index in [0.717, 1.165) is 37.4 Å². The summed E-state index contributed by atoms with van der Waals surface area (Å²) in [6.45, 7) is 4.15. The van der Waals surface area contributed by atoms with Gasteiger partial charge in [-0.1, -0.05) is 0 Å². The number of hydrogen-bond donors (Lipinski definition) is 1. The summed E-state index contributed by atoms with van der Waals surface area (Å²) in [5.41, 5.74) is 2.85. The summed E-state index contributed by atoms with van der Waals surface area (Å²) in [4.78, 5) is 18.2. The molecule has 0 atom stereocenters. The highest BCUT2D eigenvalue weighted by Crippen LogP contribution is 2.26. The minimum Gasteiger partial charge on any atom is -0.448 e. The number of carbonyl (C=O) groups excluding carboxylic acids is 1. The second kappa shape index (κ2) is 6.22. The highest BCUT2D eigenvalue weighted by molar-refractivity contribution is 5.91. The Balaban J connectivity index is 1.28. The van der Waals surface area contributed by atoms with Crippen LogP contribution >= 0.6 is 0 Å². The van der Waals surface area contributed by atoms with Gasteiger partial charge in [0.1, 0.15) is 6.26 Å². The number of aryl methyl sites for hydroxylation is 3. The molecule has 1 aliphatic carbocycles. The van der Waals surface area contributed by atoms with E-state index >= 15 is 0 Å². The van der Waals surface area contributed by atoms with Crippen LogP contribution in [-0.4, -0.2) is 40.7 Å². The molecule has 4 rings (SSSR count). The van der Waals surface area contributed by atoms with E-state index in [-0.39, 0.29) is 5.91 Å². The van der Waals surface area contributed by atoms with Crippen molar-refractivity contribution in [1.82, 2.24) is 20.5 Å². The van der Waals surface area contributed by atoms with E-state index in [0.29, 0.717) is 24.0 Å². The van der Waals surface area contributed by atoms with Crippen molar-refractivity contribution < 1.29 is 9.21 Å². The standard InChI is InChI=1S/C17H21N5O2/c1-11-19-15(10-24-11)17(23)18-7-12-8-22(9-12)16-6-13-4-2-3-5-14(13)20-21-16/h6,10,12H,2-5,7-9H2,1H3,(H,18,23). The summed E-state index contributed by atoms with van der Waals surface area (Å²) >= 11 is 0. The van der Waals surface area contributed by atoms with E-state index < -0.39 is 0 Å². The van der Waals surface area contributed by atoms with E-state index in [2.05, 4.69) is 31.5 Å². The van der Waals surface area contributed by atoms with Gasteiger partial charge in [-0.25, -0.2) is 4.98 Å². The fourth-order valence-corrected chi connectivity index (χ4v) is 3.31. The lowest BCUT2D eigenvalue weighted by atomic mass is 9.95. The third kappa shape index (κ3) is 2.98. The Hall–Kier alpha value is -2.44. The lowest BCUT2D eigenvalue weighted by molar-refractivity contribution is 0.0939. The second-order valence-electron chi connectivity index (χ2n) is 6.61. The highest BCUT2D eigenvalue weighted by Gasteiger charge is 2.29. The van der Waals surface area contributed by atoms with Crippen LogP contribution in [0.3, 0.4) is 0 Å². The fraction of sp³-hybridized carbons (Fsp3) is 0.529. The molecule has 1 fully saturated rings. The predicted molar refractivity (Wildman–Crippen MR) is 88.0 cm³/mol. The third-order valence-electron chi connectivity index (χ3n) is 4.74. The summed E-state index contributed by atoms with van der Waals surface area (Å²) < 4.78 is 5.06. The average Bonchev–Trinajstić information content (AvgIpc) is 2.99. The molecule has 0 bridgehead atoms. The Morgan fingerprint density at radius 1 is 1.33 bits per heavy atom. The summed E-state index contributed by atoms with van der Waals surface area (Å²) in [7, 11) is 0. The number of rotatable bonds is 4. The zero-order valence-electron chi connectivity index (χ0n) is 13.8. The number of oxazole rings is 1. The Morgan fingerprint density at radius 3 is 2.96 bits per heavy atom. The fourth-order valence-electron chi connectivity index (χ4n) is 3.31. The molecule has 7 nitrogen and oxygen atoms in total. The van der Waals surface area contributed by atoms with Gasteiger partial charge in [0.2, 0.25) is 0 Å². The van der Waals surface area contributed by atoms with Gasteiger partial charge in [0.05, 0.1) is 5.69 Å². The number of fused-ring (bicyclic) bond motifs is 1. The SMILES string of the molecule is Cc1nc(C(=O)NCC2CN(c3cc4c(nn3)CCCC4)C2)co1. The van der Waals surface area contributed by atoms with Gasteiger partial charge in [0.15, 0.2) is 17.4 Å². The lowest BCUT2D eigenvalue weighted by Crippen LogP contribution is -2.52. The van der Waals surface area contributed by atoms with Crippen molar-refractivity contribution in [2.24, 2.45) is 5.92 Å². The van der Waals surface area contributed by atoms with Crippen LogP contribution in [0.2, 0.25) is 0 Å². The molecule has 1 N–H and O–H groups in total. The number of nitrogens with one attached hydrogen (secondary N) is 1. The number of anilines is 1. The van der Waals surface area contributed by atoms with E-state index in [9.17, 15) is 4.79 Å². The summed E-state index contributed by atoms with van der Waals surface area (Å²) in [5.74, 6) is 1.71. The molecule has 1 amide bonds. The first-order valence-corrected chi connectivity index (χ1v) is 8.50. The number of aromatic nitrogens is 3. The second-order valence-corrected chi connectivity index (χ2v) is 6.61.